The van der Waals surface area contributed by atoms with E-state index in [9.17, 15) is 18.0 Å². The Hall–Kier alpha value is -3.56. The highest BCUT2D eigenvalue weighted by Crippen LogP contribution is 2.31. The van der Waals surface area contributed by atoms with Crippen LogP contribution in [-0.4, -0.2) is 50.4 Å². The van der Waals surface area contributed by atoms with Crippen LogP contribution in [0.4, 0.5) is 5.69 Å². The van der Waals surface area contributed by atoms with Gasteiger partial charge in [0.05, 0.1) is 22.7 Å². The largest absolute Gasteiger partial charge is 0.497 e. The van der Waals surface area contributed by atoms with E-state index in [1.165, 1.54) is 17.0 Å². The molecule has 0 aliphatic rings. The van der Waals surface area contributed by atoms with Crippen LogP contribution in [0.1, 0.15) is 45.2 Å². The van der Waals surface area contributed by atoms with Crippen molar-refractivity contribution in [2.24, 2.45) is 0 Å². The van der Waals surface area contributed by atoms with Gasteiger partial charge in [-0.25, -0.2) is 8.42 Å². The maximum atomic E-state index is 14.1. The number of carbonyl (C=O) groups is 2. The van der Waals surface area contributed by atoms with E-state index in [0.717, 1.165) is 15.4 Å². The number of rotatable bonds is 11. The van der Waals surface area contributed by atoms with Gasteiger partial charge in [-0.05, 0) is 76.1 Å². The van der Waals surface area contributed by atoms with Crippen LogP contribution in [0, 0.1) is 6.92 Å². The Morgan fingerprint density at radius 2 is 1.59 bits per heavy atom. The fraction of sp³-hybridized carbons (Fsp3) is 0.355. The van der Waals surface area contributed by atoms with Crippen molar-refractivity contribution in [1.82, 2.24) is 10.2 Å². The second-order valence-electron chi connectivity index (χ2n) is 10.8. The van der Waals surface area contributed by atoms with Crippen LogP contribution in [0.25, 0.3) is 0 Å². The lowest BCUT2D eigenvalue weighted by Gasteiger charge is -2.35. The quantitative estimate of drug-likeness (QED) is 0.311. The molecule has 0 radical (unpaired) electrons. The average molecular weight is 600 g/mol. The second-order valence-corrected chi connectivity index (χ2v) is 13.1. The van der Waals surface area contributed by atoms with Gasteiger partial charge in [-0.2, -0.15) is 0 Å². The Balaban J connectivity index is 2.08. The van der Waals surface area contributed by atoms with Gasteiger partial charge in [0, 0.05) is 12.1 Å². The molecule has 1 N–H and O–H groups in total. The number of para-hydroxylation sites is 1. The number of ether oxygens (including phenoxy) is 1. The van der Waals surface area contributed by atoms with Gasteiger partial charge in [-0.15, -0.1) is 0 Å². The van der Waals surface area contributed by atoms with Gasteiger partial charge in [0.15, 0.2) is 0 Å². The number of anilines is 1. The number of methoxy groups -OCH3 is 1. The van der Waals surface area contributed by atoms with Crippen LogP contribution in [0.15, 0.2) is 77.7 Å². The van der Waals surface area contributed by atoms with Crippen LogP contribution in [0.3, 0.4) is 0 Å². The number of nitrogens with zero attached hydrogens (tertiary/aromatic N) is 2. The van der Waals surface area contributed by atoms with Crippen LogP contribution in [0.2, 0.25) is 5.02 Å². The normalized spacial score (nSPS) is 12.4. The first-order valence-electron chi connectivity index (χ1n) is 13.3. The van der Waals surface area contributed by atoms with E-state index in [1.54, 1.807) is 55.6 Å². The summed E-state index contributed by atoms with van der Waals surface area (Å²) in [6.45, 7) is 8.78. The molecule has 1 atom stereocenters. The van der Waals surface area contributed by atoms with Crippen LogP contribution >= 0.6 is 11.6 Å². The van der Waals surface area contributed by atoms with Crippen molar-refractivity contribution in [1.29, 1.82) is 0 Å². The van der Waals surface area contributed by atoms with E-state index >= 15 is 0 Å². The lowest BCUT2D eigenvalue weighted by Crippen LogP contribution is -2.55. The number of nitrogens with one attached hydrogen (secondary N) is 1. The minimum absolute atomic E-state index is 0.0232. The zero-order valence-corrected chi connectivity index (χ0v) is 25.9. The summed E-state index contributed by atoms with van der Waals surface area (Å²) in [6.07, 6.45) is 0.320. The number of amides is 2. The van der Waals surface area contributed by atoms with Crippen LogP contribution in [0.5, 0.6) is 5.75 Å². The molecule has 0 aliphatic heterocycles. The van der Waals surface area contributed by atoms with Crippen molar-refractivity contribution in [3.05, 3.63) is 88.9 Å². The summed E-state index contributed by atoms with van der Waals surface area (Å²) in [6, 6.07) is 19.2. The van der Waals surface area contributed by atoms with E-state index in [2.05, 4.69) is 5.32 Å². The Kier molecular flexibility index (Phi) is 10.4. The molecule has 0 bridgehead atoms. The van der Waals surface area contributed by atoms with Gasteiger partial charge < -0.3 is 15.0 Å². The van der Waals surface area contributed by atoms with Crippen molar-refractivity contribution >= 4 is 39.1 Å². The second kappa shape index (κ2) is 13.4. The van der Waals surface area contributed by atoms with Gasteiger partial charge in [0.25, 0.3) is 10.0 Å². The van der Waals surface area contributed by atoms with Crippen molar-refractivity contribution in [3.63, 3.8) is 0 Å². The lowest BCUT2D eigenvalue weighted by molar-refractivity contribution is -0.141. The number of aryl methyl sites for hydroxylation is 1. The fourth-order valence-electron chi connectivity index (χ4n) is 4.30. The summed E-state index contributed by atoms with van der Waals surface area (Å²) in [4.78, 5) is 29.0. The Morgan fingerprint density at radius 1 is 0.976 bits per heavy atom. The molecule has 41 heavy (non-hydrogen) atoms. The van der Waals surface area contributed by atoms with E-state index in [1.807, 2.05) is 46.8 Å². The van der Waals surface area contributed by atoms with Crippen LogP contribution < -0.4 is 14.4 Å². The summed E-state index contributed by atoms with van der Waals surface area (Å²) in [5.41, 5.74) is 1.29. The minimum atomic E-state index is -4.20. The molecule has 0 unspecified atom stereocenters. The van der Waals surface area contributed by atoms with Crippen molar-refractivity contribution in [3.8, 4) is 5.75 Å². The van der Waals surface area contributed by atoms with Crippen LogP contribution in [-0.2, 0) is 26.2 Å². The Labute approximate surface area is 248 Å². The Bertz CT molecular complexity index is 1450. The van der Waals surface area contributed by atoms with Crippen molar-refractivity contribution < 1.29 is 22.7 Å². The highest BCUT2D eigenvalue weighted by Gasteiger charge is 2.35. The standard InChI is InChI=1S/C31H38ClN3O5S/c1-7-27(30(37)33-31(3,4)5)34(20-23-14-16-24(40-6)17-15-23)29(36)21-35(28-11-9-8-10-26(28)32)41(38,39)25-18-12-22(2)13-19-25/h8-19,27H,7,20-21H2,1-6H3,(H,33,37)/t27-/m1/s1. The van der Waals surface area contributed by atoms with Crippen molar-refractivity contribution in [2.45, 2.75) is 64.1 Å². The maximum Gasteiger partial charge on any atom is 0.264 e. The van der Waals surface area contributed by atoms with Gasteiger partial charge in [-0.3, -0.25) is 13.9 Å². The molecule has 0 saturated carbocycles. The molecule has 0 fully saturated rings. The highest BCUT2D eigenvalue weighted by molar-refractivity contribution is 7.92. The third kappa shape index (κ3) is 8.24. The molecular formula is C31H38ClN3O5S. The molecule has 0 saturated heterocycles. The number of sulfonamides is 1. The summed E-state index contributed by atoms with van der Waals surface area (Å²) >= 11 is 6.46. The van der Waals surface area contributed by atoms with E-state index in [-0.39, 0.29) is 28.1 Å². The maximum absolute atomic E-state index is 14.1. The zero-order valence-electron chi connectivity index (χ0n) is 24.3. The number of benzene rings is 3. The molecule has 8 nitrogen and oxygen atoms in total. The number of hydrogen-bond donors (Lipinski definition) is 1. The summed E-state index contributed by atoms with van der Waals surface area (Å²) < 4.78 is 34.2. The van der Waals surface area contributed by atoms with Gasteiger partial charge in [0.1, 0.15) is 18.3 Å². The first kappa shape index (κ1) is 32.0. The number of halogens is 1. The predicted molar refractivity (Wildman–Crippen MR) is 163 cm³/mol. The summed E-state index contributed by atoms with van der Waals surface area (Å²) in [7, 11) is -2.64. The molecule has 220 valence electrons. The molecular weight excluding hydrogens is 562 g/mol. The SMILES string of the molecule is CC[C@H](C(=O)NC(C)(C)C)N(Cc1ccc(OC)cc1)C(=O)CN(c1ccccc1Cl)S(=O)(=O)c1ccc(C)cc1. The fourth-order valence-corrected chi connectivity index (χ4v) is 6.03. The average Bonchev–Trinajstić information content (AvgIpc) is 2.91. The van der Waals surface area contributed by atoms with Gasteiger partial charge in [-0.1, -0.05) is 60.5 Å². The molecule has 3 aromatic rings. The van der Waals surface area contributed by atoms with E-state index < -0.39 is 34.1 Å². The number of carbonyl (C=O) groups excluding carboxylic acids is 2. The third-order valence-electron chi connectivity index (χ3n) is 6.41. The van der Waals surface area contributed by atoms with Gasteiger partial charge in [0.2, 0.25) is 11.8 Å². The molecule has 0 spiro atoms. The van der Waals surface area contributed by atoms with Gasteiger partial charge >= 0.3 is 0 Å². The molecule has 0 aromatic heterocycles. The number of hydrogen-bond acceptors (Lipinski definition) is 5. The monoisotopic (exact) mass is 599 g/mol. The minimum Gasteiger partial charge on any atom is -0.497 e. The first-order chi connectivity index (χ1) is 19.3. The smallest absolute Gasteiger partial charge is 0.264 e. The molecule has 0 heterocycles. The summed E-state index contributed by atoms with van der Waals surface area (Å²) in [5, 5.41) is 3.14. The third-order valence-corrected chi connectivity index (χ3v) is 8.50. The molecule has 3 aromatic carbocycles. The van der Waals surface area contributed by atoms with Crippen molar-refractivity contribution in [2.75, 3.05) is 18.0 Å². The topological polar surface area (TPSA) is 96.0 Å². The zero-order chi connectivity index (χ0) is 30.4. The van der Waals surface area contributed by atoms with E-state index in [4.69, 9.17) is 16.3 Å². The summed E-state index contributed by atoms with van der Waals surface area (Å²) in [5.74, 6) is -0.224. The van der Waals surface area contributed by atoms with E-state index in [0.29, 0.717) is 12.2 Å². The lowest BCUT2D eigenvalue weighted by atomic mass is 10.1. The molecule has 0 aliphatic carbocycles. The molecule has 10 heteroatoms. The Morgan fingerprint density at radius 3 is 2.12 bits per heavy atom. The first-order valence-corrected chi connectivity index (χ1v) is 15.2. The predicted octanol–water partition coefficient (Wildman–Crippen LogP) is 5.57. The highest BCUT2D eigenvalue weighted by atomic mass is 35.5. The molecule has 3 rings (SSSR count). The molecule has 2 amide bonds.